The van der Waals surface area contributed by atoms with Crippen molar-refractivity contribution >= 4 is 0 Å². The van der Waals surface area contributed by atoms with E-state index in [4.69, 9.17) is 9.15 Å². The fourth-order valence-electron chi connectivity index (χ4n) is 3.35. The SMILES string of the molecule is CCc1ccccc1-n1ccc([C@H]2OCCN2Cc2ccco2)c1. The number of aryl methyl sites for hydroxylation is 1. The second-order valence-corrected chi connectivity index (χ2v) is 6.11. The van der Waals surface area contributed by atoms with Crippen LogP contribution in [-0.2, 0) is 17.7 Å². The third-order valence-electron chi connectivity index (χ3n) is 4.58. The quantitative estimate of drug-likeness (QED) is 0.706. The first-order chi connectivity index (χ1) is 11.8. The summed E-state index contributed by atoms with van der Waals surface area (Å²) >= 11 is 0. The van der Waals surface area contributed by atoms with E-state index in [0.717, 1.165) is 31.9 Å². The van der Waals surface area contributed by atoms with Crippen LogP contribution in [0, 0.1) is 0 Å². The van der Waals surface area contributed by atoms with E-state index in [2.05, 4.69) is 59.1 Å². The topological polar surface area (TPSA) is 30.5 Å². The Morgan fingerprint density at radius 2 is 2.04 bits per heavy atom. The molecule has 1 aliphatic heterocycles. The highest BCUT2D eigenvalue weighted by atomic mass is 16.5. The third-order valence-corrected chi connectivity index (χ3v) is 4.58. The first kappa shape index (κ1) is 15.2. The number of furan rings is 1. The molecule has 4 heteroatoms. The number of para-hydroxylation sites is 1. The molecule has 0 saturated carbocycles. The summed E-state index contributed by atoms with van der Waals surface area (Å²) in [6, 6.07) is 14.6. The van der Waals surface area contributed by atoms with Crippen molar-refractivity contribution < 1.29 is 9.15 Å². The van der Waals surface area contributed by atoms with Crippen molar-refractivity contribution in [2.75, 3.05) is 13.2 Å². The molecule has 0 amide bonds. The highest BCUT2D eigenvalue weighted by Gasteiger charge is 2.28. The summed E-state index contributed by atoms with van der Waals surface area (Å²) in [4.78, 5) is 2.31. The van der Waals surface area contributed by atoms with Crippen LogP contribution in [0.3, 0.4) is 0 Å². The van der Waals surface area contributed by atoms with Gasteiger partial charge in [0.15, 0.2) is 0 Å². The van der Waals surface area contributed by atoms with Crippen LogP contribution in [0.5, 0.6) is 0 Å². The molecule has 3 aromatic rings. The second kappa shape index (κ2) is 6.67. The van der Waals surface area contributed by atoms with E-state index < -0.39 is 0 Å². The van der Waals surface area contributed by atoms with Crippen LogP contribution >= 0.6 is 0 Å². The van der Waals surface area contributed by atoms with E-state index in [1.165, 1.54) is 16.8 Å². The van der Waals surface area contributed by atoms with Crippen molar-refractivity contribution in [3.05, 3.63) is 78.0 Å². The average Bonchev–Trinajstić information content (AvgIpc) is 3.36. The first-order valence-corrected chi connectivity index (χ1v) is 8.49. The Balaban J connectivity index is 1.57. The Labute approximate surface area is 142 Å². The molecule has 124 valence electrons. The fraction of sp³-hybridized carbons (Fsp3) is 0.300. The van der Waals surface area contributed by atoms with Crippen molar-refractivity contribution in [1.29, 1.82) is 0 Å². The lowest BCUT2D eigenvalue weighted by molar-refractivity contribution is 0.0258. The summed E-state index contributed by atoms with van der Waals surface area (Å²) in [6.07, 6.45) is 7.04. The molecule has 1 saturated heterocycles. The third kappa shape index (κ3) is 2.90. The molecule has 1 aromatic carbocycles. The maximum absolute atomic E-state index is 5.98. The molecule has 0 radical (unpaired) electrons. The lowest BCUT2D eigenvalue weighted by atomic mass is 10.1. The predicted octanol–water partition coefficient (Wildman–Crippen LogP) is 4.16. The van der Waals surface area contributed by atoms with E-state index in [9.17, 15) is 0 Å². The molecule has 0 aliphatic carbocycles. The molecule has 3 heterocycles. The van der Waals surface area contributed by atoms with Crippen LogP contribution in [0.1, 0.15) is 30.0 Å². The minimum atomic E-state index is -0.00913. The fourth-order valence-corrected chi connectivity index (χ4v) is 3.35. The molecule has 1 atom stereocenters. The van der Waals surface area contributed by atoms with Gasteiger partial charge in [0.05, 0.1) is 19.4 Å². The van der Waals surface area contributed by atoms with E-state index in [-0.39, 0.29) is 6.23 Å². The molecular weight excluding hydrogens is 300 g/mol. The Bertz CT molecular complexity index is 792. The van der Waals surface area contributed by atoms with Gasteiger partial charge in [-0.05, 0) is 36.2 Å². The van der Waals surface area contributed by atoms with E-state index in [1.54, 1.807) is 6.26 Å². The van der Waals surface area contributed by atoms with E-state index in [1.807, 2.05) is 12.1 Å². The Morgan fingerprint density at radius 3 is 2.88 bits per heavy atom. The maximum atomic E-state index is 5.98. The van der Waals surface area contributed by atoms with Crippen LogP contribution < -0.4 is 0 Å². The zero-order chi connectivity index (χ0) is 16.4. The van der Waals surface area contributed by atoms with Gasteiger partial charge in [-0.3, -0.25) is 4.90 Å². The van der Waals surface area contributed by atoms with Crippen molar-refractivity contribution in [3.8, 4) is 5.69 Å². The molecule has 0 spiro atoms. The van der Waals surface area contributed by atoms with Gasteiger partial charge in [-0.2, -0.15) is 0 Å². The number of nitrogens with zero attached hydrogens (tertiary/aromatic N) is 2. The van der Waals surface area contributed by atoms with E-state index in [0.29, 0.717) is 0 Å². The summed E-state index contributed by atoms with van der Waals surface area (Å²) in [5.41, 5.74) is 3.77. The lowest BCUT2D eigenvalue weighted by Gasteiger charge is -2.21. The second-order valence-electron chi connectivity index (χ2n) is 6.11. The van der Waals surface area contributed by atoms with Crippen molar-refractivity contribution in [2.24, 2.45) is 0 Å². The zero-order valence-corrected chi connectivity index (χ0v) is 13.9. The standard InChI is InChI=1S/C20H22N2O2/c1-2-16-6-3-4-8-19(16)21-10-9-17(14-21)20-22(11-13-24-20)15-18-7-5-12-23-18/h3-10,12,14,20H,2,11,13,15H2,1H3/t20-/m1/s1. The van der Waals surface area contributed by atoms with Gasteiger partial charge in [-0.1, -0.05) is 25.1 Å². The molecular formula is C20H22N2O2. The Kier molecular flexibility index (Phi) is 4.24. The zero-order valence-electron chi connectivity index (χ0n) is 13.9. The largest absolute Gasteiger partial charge is 0.468 e. The number of hydrogen-bond donors (Lipinski definition) is 0. The van der Waals surface area contributed by atoms with Gasteiger partial charge in [0, 0.05) is 30.2 Å². The minimum absolute atomic E-state index is 0.00913. The van der Waals surface area contributed by atoms with E-state index >= 15 is 0 Å². The number of rotatable bonds is 5. The van der Waals surface area contributed by atoms with Crippen molar-refractivity contribution in [1.82, 2.24) is 9.47 Å². The van der Waals surface area contributed by atoms with Gasteiger partial charge in [0.1, 0.15) is 12.0 Å². The average molecular weight is 322 g/mol. The normalized spacial score (nSPS) is 18.3. The molecule has 0 bridgehead atoms. The lowest BCUT2D eigenvalue weighted by Crippen LogP contribution is -2.23. The number of ether oxygens (including phenoxy) is 1. The summed E-state index contributed by atoms with van der Waals surface area (Å²) < 4.78 is 13.7. The molecule has 24 heavy (non-hydrogen) atoms. The minimum Gasteiger partial charge on any atom is -0.468 e. The van der Waals surface area contributed by atoms with Crippen LogP contribution in [0.2, 0.25) is 0 Å². The van der Waals surface area contributed by atoms with Crippen LogP contribution in [0.15, 0.2) is 65.5 Å². The summed E-state index contributed by atoms with van der Waals surface area (Å²) in [5, 5.41) is 0. The smallest absolute Gasteiger partial charge is 0.138 e. The van der Waals surface area contributed by atoms with Crippen molar-refractivity contribution in [3.63, 3.8) is 0 Å². The van der Waals surface area contributed by atoms with Gasteiger partial charge in [-0.15, -0.1) is 0 Å². The number of hydrogen-bond acceptors (Lipinski definition) is 3. The van der Waals surface area contributed by atoms with Gasteiger partial charge in [0.2, 0.25) is 0 Å². The summed E-state index contributed by atoms with van der Waals surface area (Å²) in [6.45, 7) is 4.63. The molecule has 1 fully saturated rings. The number of aromatic nitrogens is 1. The summed E-state index contributed by atoms with van der Waals surface area (Å²) in [5.74, 6) is 0.973. The molecule has 0 unspecified atom stereocenters. The van der Waals surface area contributed by atoms with Gasteiger partial charge < -0.3 is 13.7 Å². The van der Waals surface area contributed by atoms with Gasteiger partial charge in [-0.25, -0.2) is 0 Å². The van der Waals surface area contributed by atoms with Crippen LogP contribution in [-0.4, -0.2) is 22.6 Å². The highest BCUT2D eigenvalue weighted by Crippen LogP contribution is 2.30. The molecule has 4 rings (SSSR count). The molecule has 1 aliphatic rings. The Hall–Kier alpha value is -2.30. The van der Waals surface area contributed by atoms with Crippen molar-refractivity contribution in [2.45, 2.75) is 26.1 Å². The molecule has 0 N–H and O–H groups in total. The van der Waals surface area contributed by atoms with Gasteiger partial charge in [0.25, 0.3) is 0 Å². The van der Waals surface area contributed by atoms with Gasteiger partial charge >= 0.3 is 0 Å². The first-order valence-electron chi connectivity index (χ1n) is 8.49. The molecule has 4 nitrogen and oxygen atoms in total. The monoisotopic (exact) mass is 322 g/mol. The highest BCUT2D eigenvalue weighted by molar-refractivity contribution is 5.42. The Morgan fingerprint density at radius 1 is 1.12 bits per heavy atom. The summed E-state index contributed by atoms with van der Waals surface area (Å²) in [7, 11) is 0. The van der Waals surface area contributed by atoms with Crippen LogP contribution in [0.4, 0.5) is 0 Å². The molecule has 2 aromatic heterocycles. The number of benzene rings is 1. The van der Waals surface area contributed by atoms with Crippen LogP contribution in [0.25, 0.3) is 5.69 Å². The predicted molar refractivity (Wildman–Crippen MR) is 93.0 cm³/mol. The maximum Gasteiger partial charge on any atom is 0.138 e.